The number of nitrogens with one attached hydrogen (secondary N) is 1. The molecule has 0 aliphatic heterocycles. The lowest BCUT2D eigenvalue weighted by Gasteiger charge is -2.29. The number of hydrogen-bond acceptors (Lipinski definition) is 1. The minimum absolute atomic E-state index is 0.0716. The lowest BCUT2D eigenvalue weighted by molar-refractivity contribution is 0.428. The molecule has 0 spiro atoms. The van der Waals surface area contributed by atoms with Gasteiger partial charge in [0.2, 0.25) is 0 Å². The third-order valence-electron chi connectivity index (χ3n) is 4.64. The van der Waals surface area contributed by atoms with Crippen molar-refractivity contribution in [2.75, 3.05) is 7.05 Å². The summed E-state index contributed by atoms with van der Waals surface area (Å²) < 4.78 is 14.0. The Morgan fingerprint density at radius 3 is 2.71 bits per heavy atom. The van der Waals surface area contributed by atoms with Gasteiger partial charge in [0.15, 0.2) is 0 Å². The summed E-state index contributed by atoms with van der Waals surface area (Å²) in [6.45, 7) is 0. The summed E-state index contributed by atoms with van der Waals surface area (Å²) in [6, 6.07) is 15.9. The van der Waals surface area contributed by atoms with E-state index in [1.54, 1.807) is 12.1 Å². The summed E-state index contributed by atoms with van der Waals surface area (Å²) in [5, 5.41) is 3.30. The predicted molar refractivity (Wildman–Crippen MR) is 84.9 cm³/mol. The van der Waals surface area contributed by atoms with E-state index in [9.17, 15) is 4.39 Å². The molecule has 2 atom stereocenters. The highest BCUT2D eigenvalue weighted by molar-refractivity contribution is 5.33. The van der Waals surface area contributed by atoms with E-state index in [2.05, 4.69) is 29.6 Å². The monoisotopic (exact) mass is 283 g/mol. The van der Waals surface area contributed by atoms with Crippen molar-refractivity contribution in [1.82, 2.24) is 5.32 Å². The maximum Gasteiger partial charge on any atom is 0.127 e. The van der Waals surface area contributed by atoms with E-state index in [0.717, 1.165) is 12.0 Å². The second kappa shape index (κ2) is 6.40. The maximum absolute atomic E-state index is 14.0. The highest BCUT2D eigenvalue weighted by Crippen LogP contribution is 2.37. The van der Waals surface area contributed by atoms with Gasteiger partial charge in [-0.05, 0) is 55.8 Å². The molecule has 1 nitrogen and oxygen atoms in total. The van der Waals surface area contributed by atoms with Crippen LogP contribution in [0.3, 0.4) is 0 Å². The molecule has 0 saturated carbocycles. The molecule has 2 aromatic rings. The second-order valence-electron chi connectivity index (χ2n) is 5.89. The van der Waals surface area contributed by atoms with E-state index >= 15 is 0 Å². The number of aryl methyl sites for hydroxylation is 1. The zero-order chi connectivity index (χ0) is 14.7. The smallest absolute Gasteiger partial charge is 0.127 e. The molecule has 2 heteroatoms. The quantitative estimate of drug-likeness (QED) is 0.865. The van der Waals surface area contributed by atoms with Gasteiger partial charge in [0, 0.05) is 11.6 Å². The number of benzene rings is 2. The number of fused-ring (bicyclic) bond motifs is 1. The predicted octanol–water partition coefficient (Wildman–Crippen LogP) is 4.60. The van der Waals surface area contributed by atoms with E-state index in [1.807, 2.05) is 19.2 Å². The van der Waals surface area contributed by atoms with Crippen molar-refractivity contribution in [3.05, 3.63) is 71.0 Å². The Morgan fingerprint density at radius 1 is 1.14 bits per heavy atom. The van der Waals surface area contributed by atoms with Crippen molar-refractivity contribution in [1.29, 1.82) is 0 Å². The van der Waals surface area contributed by atoms with Gasteiger partial charge in [-0.3, -0.25) is 0 Å². The Hall–Kier alpha value is -1.67. The van der Waals surface area contributed by atoms with Gasteiger partial charge in [-0.2, -0.15) is 0 Å². The van der Waals surface area contributed by atoms with Crippen molar-refractivity contribution < 1.29 is 4.39 Å². The van der Waals surface area contributed by atoms with Gasteiger partial charge < -0.3 is 5.32 Å². The van der Waals surface area contributed by atoms with Crippen LogP contribution in [0, 0.1) is 5.82 Å². The maximum atomic E-state index is 14.0. The summed E-state index contributed by atoms with van der Waals surface area (Å²) in [6.07, 6.45) is 4.56. The topological polar surface area (TPSA) is 12.0 Å². The molecule has 0 fully saturated rings. The molecule has 21 heavy (non-hydrogen) atoms. The van der Waals surface area contributed by atoms with Crippen molar-refractivity contribution in [3.8, 4) is 0 Å². The van der Waals surface area contributed by atoms with Crippen molar-refractivity contribution >= 4 is 0 Å². The van der Waals surface area contributed by atoms with Crippen molar-refractivity contribution in [3.63, 3.8) is 0 Å². The van der Waals surface area contributed by atoms with Crippen LogP contribution in [0.4, 0.5) is 4.39 Å². The molecule has 110 valence electrons. The molecule has 0 radical (unpaired) electrons. The zero-order valence-corrected chi connectivity index (χ0v) is 12.5. The van der Waals surface area contributed by atoms with Crippen LogP contribution in [0.1, 0.15) is 47.9 Å². The minimum atomic E-state index is -0.110. The van der Waals surface area contributed by atoms with Gasteiger partial charge in [0.25, 0.3) is 0 Å². The molecule has 1 aliphatic rings. The molecule has 1 N–H and O–H groups in total. The van der Waals surface area contributed by atoms with E-state index in [-0.39, 0.29) is 11.9 Å². The normalized spacial score (nSPS) is 19.0. The summed E-state index contributed by atoms with van der Waals surface area (Å²) >= 11 is 0. The van der Waals surface area contributed by atoms with Crippen LogP contribution in [-0.2, 0) is 6.42 Å². The van der Waals surface area contributed by atoms with Crippen LogP contribution >= 0.6 is 0 Å². The average Bonchev–Trinajstić information content (AvgIpc) is 2.53. The lowest BCUT2D eigenvalue weighted by atomic mass is 9.78. The van der Waals surface area contributed by atoms with E-state index in [4.69, 9.17) is 0 Å². The molecule has 3 rings (SSSR count). The fourth-order valence-corrected chi connectivity index (χ4v) is 3.54. The van der Waals surface area contributed by atoms with Crippen LogP contribution in [0.15, 0.2) is 48.5 Å². The number of rotatable bonds is 4. The molecule has 0 amide bonds. The molecule has 1 aliphatic carbocycles. The Labute approximate surface area is 126 Å². The minimum Gasteiger partial charge on any atom is -0.313 e. The van der Waals surface area contributed by atoms with E-state index in [0.29, 0.717) is 5.92 Å². The number of hydrogen-bond donors (Lipinski definition) is 1. The number of halogens is 1. The van der Waals surface area contributed by atoms with Crippen LogP contribution < -0.4 is 5.32 Å². The molecule has 0 saturated heterocycles. The van der Waals surface area contributed by atoms with Crippen molar-refractivity contribution in [2.45, 2.75) is 37.6 Å². The molecular formula is C19H22FN. The largest absolute Gasteiger partial charge is 0.313 e. The highest BCUT2D eigenvalue weighted by atomic mass is 19.1. The van der Waals surface area contributed by atoms with E-state index in [1.165, 1.54) is 30.4 Å². The molecule has 0 aromatic heterocycles. The molecule has 2 unspecified atom stereocenters. The standard InChI is InChI=1S/C19H22FN/c1-21-19(17-11-4-5-12-18(17)20)13-15-9-6-8-14-7-2-3-10-16(14)15/h2-5,7,10-12,15,19,21H,6,8-9,13H2,1H3. The summed E-state index contributed by atoms with van der Waals surface area (Å²) in [5.74, 6) is 0.410. The highest BCUT2D eigenvalue weighted by Gasteiger charge is 2.24. The lowest BCUT2D eigenvalue weighted by Crippen LogP contribution is -2.22. The SMILES string of the molecule is CNC(CC1CCCc2ccccc21)c1ccccc1F. The Bertz CT molecular complexity index is 608. The van der Waals surface area contributed by atoms with E-state index < -0.39 is 0 Å². The van der Waals surface area contributed by atoms with Gasteiger partial charge in [-0.15, -0.1) is 0 Å². The van der Waals surface area contributed by atoms with Gasteiger partial charge in [-0.1, -0.05) is 42.5 Å². The Morgan fingerprint density at radius 2 is 1.90 bits per heavy atom. The van der Waals surface area contributed by atoms with Crippen LogP contribution in [-0.4, -0.2) is 7.05 Å². The molecule has 0 bridgehead atoms. The van der Waals surface area contributed by atoms with Crippen LogP contribution in [0.2, 0.25) is 0 Å². The summed E-state index contributed by atoms with van der Waals surface area (Å²) in [5.41, 5.74) is 3.71. The van der Waals surface area contributed by atoms with Crippen LogP contribution in [0.25, 0.3) is 0 Å². The van der Waals surface area contributed by atoms with Crippen molar-refractivity contribution in [2.24, 2.45) is 0 Å². The average molecular weight is 283 g/mol. The third kappa shape index (κ3) is 3.01. The Balaban J connectivity index is 1.84. The first-order valence-electron chi connectivity index (χ1n) is 7.79. The Kier molecular flexibility index (Phi) is 4.35. The first-order chi connectivity index (χ1) is 10.3. The molecule has 2 aromatic carbocycles. The second-order valence-corrected chi connectivity index (χ2v) is 5.89. The summed E-state index contributed by atoms with van der Waals surface area (Å²) in [4.78, 5) is 0. The van der Waals surface area contributed by atoms with Gasteiger partial charge >= 0.3 is 0 Å². The zero-order valence-electron chi connectivity index (χ0n) is 12.5. The first kappa shape index (κ1) is 14.3. The molecular weight excluding hydrogens is 261 g/mol. The summed E-state index contributed by atoms with van der Waals surface area (Å²) in [7, 11) is 1.92. The fourth-order valence-electron chi connectivity index (χ4n) is 3.54. The van der Waals surface area contributed by atoms with Gasteiger partial charge in [0.1, 0.15) is 5.82 Å². The van der Waals surface area contributed by atoms with Gasteiger partial charge in [0.05, 0.1) is 0 Å². The molecule has 0 heterocycles. The fraction of sp³-hybridized carbons (Fsp3) is 0.368. The van der Waals surface area contributed by atoms with Gasteiger partial charge in [-0.25, -0.2) is 4.39 Å². The third-order valence-corrected chi connectivity index (χ3v) is 4.64. The van der Waals surface area contributed by atoms with Crippen LogP contribution in [0.5, 0.6) is 0 Å². The first-order valence-corrected chi connectivity index (χ1v) is 7.79.